The number of aliphatic carboxylic acids is 1. The second-order valence-corrected chi connectivity index (χ2v) is 7.81. The molecule has 2 rings (SSSR count). The van der Waals surface area contributed by atoms with Gasteiger partial charge in [-0.3, -0.25) is 4.79 Å². The van der Waals surface area contributed by atoms with Crippen LogP contribution in [0.15, 0.2) is 30.3 Å². The quantitative estimate of drug-likeness (QED) is 0.537. The lowest BCUT2D eigenvalue weighted by Crippen LogP contribution is -2.40. The van der Waals surface area contributed by atoms with Crippen LogP contribution in [-0.2, 0) is 17.9 Å². The zero-order valence-electron chi connectivity index (χ0n) is 15.8. The van der Waals surface area contributed by atoms with Crippen LogP contribution in [0.4, 0.5) is 0 Å². The average Bonchev–Trinajstić information content (AvgIpc) is 2.62. The highest BCUT2D eigenvalue weighted by Gasteiger charge is 2.21. The highest BCUT2D eigenvalue weighted by atomic mass is 35.5. The largest absolute Gasteiger partial charge is 0.493 e. The fraction of sp³-hybridized carbons (Fsp3) is 0.350. The second-order valence-electron chi connectivity index (χ2n) is 6.59. The van der Waals surface area contributed by atoms with Gasteiger partial charge in [0.05, 0.1) is 22.2 Å². The zero-order valence-corrected chi connectivity index (χ0v) is 18.0. The first-order valence-electron chi connectivity index (χ1n) is 8.62. The van der Waals surface area contributed by atoms with Crippen molar-refractivity contribution in [1.29, 1.82) is 0 Å². The van der Waals surface area contributed by atoms with E-state index in [1.54, 1.807) is 24.3 Å². The molecule has 0 amide bonds. The smallest absolute Gasteiger partial charge is 0.320 e. The molecule has 0 saturated carbocycles. The van der Waals surface area contributed by atoms with E-state index in [2.05, 4.69) is 5.32 Å². The normalized spacial score (nSPS) is 12.1. The van der Waals surface area contributed by atoms with Gasteiger partial charge >= 0.3 is 5.97 Å². The minimum atomic E-state index is -0.894. The minimum absolute atomic E-state index is 0.0522. The Hall–Kier alpha value is -1.66. The predicted molar refractivity (Wildman–Crippen MR) is 112 cm³/mol. The van der Waals surface area contributed by atoms with Crippen molar-refractivity contribution in [2.45, 2.75) is 33.0 Å². The summed E-state index contributed by atoms with van der Waals surface area (Å²) in [5, 5.41) is 13.6. The Bertz CT molecular complexity index is 842. The molecule has 5 nitrogen and oxygen atoms in total. The Balaban J connectivity index is 2.14. The Morgan fingerprint density at radius 2 is 1.75 bits per heavy atom. The van der Waals surface area contributed by atoms with Crippen molar-refractivity contribution in [2.75, 3.05) is 7.11 Å². The van der Waals surface area contributed by atoms with Crippen LogP contribution < -0.4 is 14.8 Å². The number of halogens is 3. The number of ether oxygens (including phenoxy) is 2. The molecular formula is C20H22Cl3NO4. The fourth-order valence-electron chi connectivity index (χ4n) is 2.64. The molecule has 0 aliphatic rings. The van der Waals surface area contributed by atoms with Crippen LogP contribution in [-0.4, -0.2) is 24.2 Å². The van der Waals surface area contributed by atoms with Crippen molar-refractivity contribution in [1.82, 2.24) is 5.32 Å². The summed E-state index contributed by atoms with van der Waals surface area (Å²) in [7, 11) is 1.52. The Morgan fingerprint density at radius 3 is 2.32 bits per heavy atom. The monoisotopic (exact) mass is 445 g/mol. The third-order valence-corrected chi connectivity index (χ3v) is 5.14. The van der Waals surface area contributed by atoms with E-state index < -0.39 is 12.0 Å². The van der Waals surface area contributed by atoms with Crippen LogP contribution in [0.5, 0.6) is 11.5 Å². The molecule has 0 bridgehead atoms. The van der Waals surface area contributed by atoms with Crippen molar-refractivity contribution < 1.29 is 19.4 Å². The summed E-state index contributed by atoms with van der Waals surface area (Å²) in [5.74, 6) is -0.0864. The SMILES string of the molecule is COc1cc(CNC(C(=O)O)C(C)C)cc(Cl)c1OCc1ccc(Cl)c(Cl)c1. The van der Waals surface area contributed by atoms with Crippen LogP contribution in [0.2, 0.25) is 15.1 Å². The topological polar surface area (TPSA) is 67.8 Å². The van der Waals surface area contributed by atoms with Gasteiger partial charge in [0, 0.05) is 6.54 Å². The molecule has 2 aromatic carbocycles. The fourth-order valence-corrected chi connectivity index (χ4v) is 3.24. The molecule has 0 spiro atoms. The van der Waals surface area contributed by atoms with Gasteiger partial charge in [0.15, 0.2) is 11.5 Å². The van der Waals surface area contributed by atoms with Gasteiger partial charge in [-0.1, -0.05) is 54.7 Å². The number of carboxylic acids is 1. The van der Waals surface area contributed by atoms with Gasteiger partial charge in [-0.05, 0) is 41.3 Å². The standard InChI is InChI=1S/C20H22Cl3NO4/c1-11(2)18(20(25)26)24-9-13-7-16(23)19(17(8-13)27-3)28-10-12-4-5-14(21)15(22)6-12/h4-8,11,18,24H,9-10H2,1-3H3,(H,25,26). The molecule has 0 fully saturated rings. The van der Waals surface area contributed by atoms with E-state index in [0.717, 1.165) is 11.1 Å². The van der Waals surface area contributed by atoms with Gasteiger partial charge in [-0.2, -0.15) is 0 Å². The highest BCUT2D eigenvalue weighted by molar-refractivity contribution is 6.42. The summed E-state index contributed by atoms with van der Waals surface area (Å²) in [6.45, 7) is 4.26. The highest BCUT2D eigenvalue weighted by Crippen LogP contribution is 2.37. The molecule has 152 valence electrons. The molecule has 0 aromatic heterocycles. The molecule has 0 radical (unpaired) electrons. The number of benzene rings is 2. The first-order chi connectivity index (χ1) is 13.2. The van der Waals surface area contributed by atoms with Crippen LogP contribution in [0, 0.1) is 5.92 Å². The summed E-state index contributed by atoms with van der Waals surface area (Å²) in [6, 6.07) is 8.06. The van der Waals surface area contributed by atoms with Gasteiger partial charge in [0.25, 0.3) is 0 Å². The number of hydrogen-bond donors (Lipinski definition) is 2. The summed E-state index contributed by atoms with van der Waals surface area (Å²) < 4.78 is 11.2. The number of carbonyl (C=O) groups is 1. The molecule has 2 aromatic rings. The van der Waals surface area contributed by atoms with Gasteiger partial charge in [-0.15, -0.1) is 0 Å². The van der Waals surface area contributed by atoms with Crippen LogP contribution in [0.25, 0.3) is 0 Å². The van der Waals surface area contributed by atoms with Gasteiger partial charge < -0.3 is 19.9 Å². The zero-order chi connectivity index (χ0) is 20.8. The molecule has 1 atom stereocenters. The molecule has 28 heavy (non-hydrogen) atoms. The third kappa shape index (κ3) is 5.92. The first-order valence-corrected chi connectivity index (χ1v) is 9.75. The number of rotatable bonds is 9. The molecule has 1 unspecified atom stereocenters. The van der Waals surface area contributed by atoms with E-state index in [-0.39, 0.29) is 12.5 Å². The van der Waals surface area contributed by atoms with E-state index in [1.807, 2.05) is 19.9 Å². The number of hydrogen-bond acceptors (Lipinski definition) is 4. The van der Waals surface area contributed by atoms with Crippen molar-refractivity contribution in [3.63, 3.8) is 0 Å². The number of carboxylic acid groups (broad SMARTS) is 1. The number of methoxy groups -OCH3 is 1. The molecule has 0 aliphatic heterocycles. The second kappa shape index (κ2) is 10.2. The van der Waals surface area contributed by atoms with E-state index in [1.165, 1.54) is 7.11 Å². The maximum Gasteiger partial charge on any atom is 0.320 e. The van der Waals surface area contributed by atoms with E-state index >= 15 is 0 Å². The average molecular weight is 447 g/mol. The lowest BCUT2D eigenvalue weighted by Gasteiger charge is -2.19. The molecular weight excluding hydrogens is 425 g/mol. The molecule has 8 heteroatoms. The van der Waals surface area contributed by atoms with Crippen LogP contribution in [0.3, 0.4) is 0 Å². The minimum Gasteiger partial charge on any atom is -0.493 e. The van der Waals surface area contributed by atoms with E-state index in [4.69, 9.17) is 44.3 Å². The summed E-state index contributed by atoms with van der Waals surface area (Å²) in [5.41, 5.74) is 1.62. The predicted octanol–water partition coefficient (Wildman–Crippen LogP) is 5.43. The Morgan fingerprint density at radius 1 is 1.07 bits per heavy atom. The van der Waals surface area contributed by atoms with E-state index in [0.29, 0.717) is 33.1 Å². The molecule has 0 aliphatic carbocycles. The third-order valence-electron chi connectivity index (χ3n) is 4.12. The van der Waals surface area contributed by atoms with Crippen molar-refractivity contribution in [2.24, 2.45) is 5.92 Å². The first kappa shape index (κ1) is 22.6. The van der Waals surface area contributed by atoms with Gasteiger partial charge in [-0.25, -0.2) is 0 Å². The summed E-state index contributed by atoms with van der Waals surface area (Å²) >= 11 is 18.3. The van der Waals surface area contributed by atoms with Crippen LogP contribution >= 0.6 is 34.8 Å². The molecule has 0 saturated heterocycles. The number of nitrogens with one attached hydrogen (secondary N) is 1. The lowest BCUT2D eigenvalue weighted by atomic mass is 10.0. The van der Waals surface area contributed by atoms with Gasteiger partial charge in [0.2, 0.25) is 0 Å². The maximum atomic E-state index is 11.3. The Kier molecular flexibility index (Phi) is 8.25. The lowest BCUT2D eigenvalue weighted by molar-refractivity contribution is -0.140. The van der Waals surface area contributed by atoms with Crippen molar-refractivity contribution in [3.8, 4) is 11.5 Å². The van der Waals surface area contributed by atoms with Crippen molar-refractivity contribution >= 4 is 40.8 Å². The summed E-state index contributed by atoms with van der Waals surface area (Å²) in [4.78, 5) is 11.3. The van der Waals surface area contributed by atoms with E-state index in [9.17, 15) is 9.90 Å². The summed E-state index contributed by atoms with van der Waals surface area (Å²) in [6.07, 6.45) is 0. The van der Waals surface area contributed by atoms with Crippen LogP contribution in [0.1, 0.15) is 25.0 Å². The van der Waals surface area contributed by atoms with Gasteiger partial charge in [0.1, 0.15) is 12.6 Å². The van der Waals surface area contributed by atoms with Crippen molar-refractivity contribution in [3.05, 3.63) is 56.5 Å². The maximum absolute atomic E-state index is 11.3. The molecule has 2 N–H and O–H groups in total. The Labute approximate surface area is 179 Å². The molecule has 0 heterocycles.